The maximum atomic E-state index is 2.54. The number of aromatic nitrogens is 2. The van der Waals surface area contributed by atoms with Crippen LogP contribution >= 0.6 is 22.7 Å². The third-order valence-electron chi connectivity index (χ3n) is 11.4. The summed E-state index contributed by atoms with van der Waals surface area (Å²) < 4.78 is 10.2. The molecule has 246 valence electrons. The van der Waals surface area contributed by atoms with Crippen molar-refractivity contribution in [1.29, 1.82) is 0 Å². The molecular weight excluding hydrogens is 683 g/mol. The summed E-state index contributed by atoms with van der Waals surface area (Å²) in [7, 11) is 0. The molecule has 0 aliphatic carbocycles. The Morgan fingerprint density at radius 3 is 1.38 bits per heavy atom. The van der Waals surface area contributed by atoms with Gasteiger partial charge >= 0.3 is 0 Å². The molecule has 0 saturated carbocycles. The minimum absolute atomic E-state index is 1.13. The molecule has 0 radical (unpaired) electrons. The Hall–Kier alpha value is -6.40. The van der Waals surface area contributed by atoms with E-state index in [0.717, 1.165) is 5.69 Å². The summed E-state index contributed by atoms with van der Waals surface area (Å²) in [5.41, 5.74) is 10.9. The van der Waals surface area contributed by atoms with Crippen LogP contribution in [0.2, 0.25) is 0 Å². The molecule has 5 heteroatoms. The van der Waals surface area contributed by atoms with Gasteiger partial charge in [-0.25, -0.2) is 0 Å². The number of rotatable bonds is 3. The maximum Gasteiger partial charge on any atom is 0.0789 e. The first-order valence-corrected chi connectivity index (χ1v) is 19.7. The summed E-state index contributed by atoms with van der Waals surface area (Å²) in [6.07, 6.45) is 0. The van der Waals surface area contributed by atoms with E-state index in [4.69, 9.17) is 0 Å². The molecule has 8 aromatic carbocycles. The molecule has 0 aliphatic heterocycles. The molecule has 0 unspecified atom stereocenters. The van der Waals surface area contributed by atoms with Crippen molar-refractivity contribution >= 4 is 135 Å². The van der Waals surface area contributed by atoms with Crippen LogP contribution in [0.4, 0.5) is 17.1 Å². The number of nitrogens with zero attached hydrogens (tertiary/aromatic N) is 3. The van der Waals surface area contributed by atoms with Crippen molar-refractivity contribution in [3.63, 3.8) is 0 Å². The standard InChI is InChI=1S/C48H27N3S2/c1-5-15-35-29(11-1)31-24-25-32-30-12-2-6-16-36(30)51-40-27-28(23-26-37(40)50(35)47(31)48(32)51)49(38-17-9-21-43-45(38)33-13-3-7-19-41(33)52-43)39-18-10-22-44-46(39)34-14-4-8-20-42(34)53-44/h1-27H. The fourth-order valence-electron chi connectivity index (χ4n) is 9.31. The Labute approximate surface area is 310 Å². The molecular formula is C48H27N3S2. The van der Waals surface area contributed by atoms with Crippen LogP contribution in [-0.2, 0) is 0 Å². The SMILES string of the molecule is c1ccc2c(c1)sc1cccc(N(c3ccc4c(c3)n3c5ccccc5c5ccc6c7ccccc7n4c6c53)c3cccc4sc5ccccc5c34)c12. The number of fused-ring (bicyclic) bond motifs is 15. The van der Waals surface area contributed by atoms with E-state index in [9.17, 15) is 0 Å². The Bertz CT molecular complexity index is 3540. The van der Waals surface area contributed by atoms with E-state index in [2.05, 4.69) is 177 Å². The van der Waals surface area contributed by atoms with Crippen LogP contribution in [-0.4, -0.2) is 8.80 Å². The summed E-state index contributed by atoms with van der Waals surface area (Å²) in [5.74, 6) is 0. The average molecular weight is 710 g/mol. The van der Waals surface area contributed by atoms with Crippen LogP contribution in [0.3, 0.4) is 0 Å². The van der Waals surface area contributed by atoms with E-state index >= 15 is 0 Å². The topological polar surface area (TPSA) is 12.1 Å². The van der Waals surface area contributed by atoms with Gasteiger partial charge in [-0.15, -0.1) is 22.7 Å². The highest BCUT2D eigenvalue weighted by molar-refractivity contribution is 7.26. The van der Waals surface area contributed by atoms with Gasteiger partial charge in [-0.05, 0) is 66.7 Å². The highest BCUT2D eigenvalue weighted by atomic mass is 32.1. The van der Waals surface area contributed by atoms with Gasteiger partial charge < -0.3 is 13.7 Å². The van der Waals surface area contributed by atoms with Gasteiger partial charge in [0.05, 0.1) is 44.5 Å². The highest BCUT2D eigenvalue weighted by Gasteiger charge is 2.25. The second-order valence-electron chi connectivity index (χ2n) is 14.1. The van der Waals surface area contributed by atoms with E-state index < -0.39 is 0 Å². The molecule has 0 atom stereocenters. The zero-order valence-electron chi connectivity index (χ0n) is 28.2. The van der Waals surface area contributed by atoms with Crippen LogP contribution in [0.25, 0.3) is 95.0 Å². The lowest BCUT2D eigenvalue weighted by Crippen LogP contribution is -2.11. The van der Waals surface area contributed by atoms with Gasteiger partial charge in [0.25, 0.3) is 0 Å². The molecule has 0 amide bonds. The number of hydrogen-bond acceptors (Lipinski definition) is 3. The predicted molar refractivity (Wildman–Crippen MR) is 230 cm³/mol. The minimum atomic E-state index is 1.13. The van der Waals surface area contributed by atoms with Gasteiger partial charge in [-0.2, -0.15) is 0 Å². The third-order valence-corrected chi connectivity index (χ3v) is 13.7. The maximum absolute atomic E-state index is 2.54. The Balaban J connectivity index is 1.23. The number of benzene rings is 8. The fraction of sp³-hybridized carbons (Fsp3) is 0. The second-order valence-corrected chi connectivity index (χ2v) is 16.2. The molecule has 0 fully saturated rings. The average Bonchev–Trinajstić information content (AvgIpc) is 3.96. The van der Waals surface area contributed by atoms with Gasteiger partial charge in [0.15, 0.2) is 0 Å². The smallest absolute Gasteiger partial charge is 0.0789 e. The lowest BCUT2D eigenvalue weighted by atomic mass is 10.0. The third kappa shape index (κ3) is 3.58. The molecule has 53 heavy (non-hydrogen) atoms. The first-order valence-electron chi connectivity index (χ1n) is 18.0. The van der Waals surface area contributed by atoms with Crippen molar-refractivity contribution in [3.05, 3.63) is 164 Å². The fourth-order valence-corrected chi connectivity index (χ4v) is 11.6. The normalized spacial score (nSPS) is 12.5. The summed E-state index contributed by atoms with van der Waals surface area (Å²) in [6, 6.07) is 60.9. The molecule has 5 aromatic heterocycles. The van der Waals surface area contributed by atoms with Crippen molar-refractivity contribution in [2.24, 2.45) is 0 Å². The van der Waals surface area contributed by atoms with E-state index in [1.807, 2.05) is 22.7 Å². The van der Waals surface area contributed by atoms with Crippen molar-refractivity contribution in [3.8, 4) is 0 Å². The van der Waals surface area contributed by atoms with Crippen LogP contribution in [0, 0.1) is 0 Å². The van der Waals surface area contributed by atoms with Crippen molar-refractivity contribution in [2.45, 2.75) is 0 Å². The number of anilines is 3. The van der Waals surface area contributed by atoms with Gasteiger partial charge in [-0.3, -0.25) is 0 Å². The second kappa shape index (κ2) is 10.1. The summed E-state index contributed by atoms with van der Waals surface area (Å²) in [6.45, 7) is 0. The van der Waals surface area contributed by atoms with E-state index in [-0.39, 0.29) is 0 Å². The minimum Gasteiger partial charge on any atom is -0.309 e. The highest BCUT2D eigenvalue weighted by Crippen LogP contribution is 2.50. The molecule has 3 nitrogen and oxygen atoms in total. The van der Waals surface area contributed by atoms with Gasteiger partial charge in [0, 0.05) is 67.6 Å². The Morgan fingerprint density at radius 1 is 0.340 bits per heavy atom. The summed E-state index contributed by atoms with van der Waals surface area (Å²) >= 11 is 3.75. The Kier molecular flexibility index (Phi) is 5.40. The molecule has 0 spiro atoms. The summed E-state index contributed by atoms with van der Waals surface area (Å²) in [5, 5.41) is 10.3. The zero-order valence-corrected chi connectivity index (χ0v) is 29.9. The van der Waals surface area contributed by atoms with Gasteiger partial charge in [0.1, 0.15) is 0 Å². The number of para-hydroxylation sites is 2. The van der Waals surface area contributed by atoms with Crippen LogP contribution in [0.15, 0.2) is 164 Å². The Morgan fingerprint density at radius 2 is 0.811 bits per heavy atom. The van der Waals surface area contributed by atoms with Crippen LogP contribution in [0.1, 0.15) is 0 Å². The first kappa shape index (κ1) is 28.2. The first-order chi connectivity index (χ1) is 26.3. The monoisotopic (exact) mass is 709 g/mol. The van der Waals surface area contributed by atoms with Crippen molar-refractivity contribution < 1.29 is 0 Å². The molecule has 13 rings (SSSR count). The number of thiophene rings is 2. The quantitative estimate of drug-likeness (QED) is 0.166. The van der Waals surface area contributed by atoms with Gasteiger partial charge in [-0.1, -0.05) is 97.1 Å². The molecule has 0 aliphatic rings. The van der Waals surface area contributed by atoms with E-state index in [1.54, 1.807) is 0 Å². The van der Waals surface area contributed by atoms with E-state index in [1.165, 1.54) is 106 Å². The van der Waals surface area contributed by atoms with Crippen LogP contribution < -0.4 is 4.90 Å². The molecule has 0 saturated heterocycles. The summed E-state index contributed by atoms with van der Waals surface area (Å²) in [4.78, 5) is 2.54. The largest absolute Gasteiger partial charge is 0.309 e. The lowest BCUT2D eigenvalue weighted by Gasteiger charge is -2.28. The molecule has 0 bridgehead atoms. The van der Waals surface area contributed by atoms with Crippen LogP contribution in [0.5, 0.6) is 0 Å². The zero-order chi connectivity index (χ0) is 34.4. The van der Waals surface area contributed by atoms with Gasteiger partial charge in [0.2, 0.25) is 0 Å². The van der Waals surface area contributed by atoms with Crippen molar-refractivity contribution in [2.75, 3.05) is 4.90 Å². The van der Waals surface area contributed by atoms with Crippen molar-refractivity contribution in [1.82, 2.24) is 8.80 Å². The molecule has 13 aromatic rings. The number of hydrogen-bond donors (Lipinski definition) is 0. The predicted octanol–water partition coefficient (Wildman–Crippen LogP) is 14.4. The molecule has 5 heterocycles. The lowest BCUT2D eigenvalue weighted by molar-refractivity contribution is 1.24. The molecule has 0 N–H and O–H groups in total. The van der Waals surface area contributed by atoms with E-state index in [0.29, 0.717) is 0 Å².